The fourth-order valence-corrected chi connectivity index (χ4v) is 2.13. The summed E-state index contributed by atoms with van der Waals surface area (Å²) < 4.78 is 5.48. The first-order chi connectivity index (χ1) is 8.63. The molecule has 1 aromatic heterocycles. The Bertz CT molecular complexity index is 567. The Hall–Kier alpha value is -1.94. The highest BCUT2D eigenvalue weighted by Crippen LogP contribution is 2.29. The van der Waals surface area contributed by atoms with Gasteiger partial charge in [0, 0.05) is 11.0 Å². The molecular weight excluding hydrogens is 248 g/mol. The van der Waals surface area contributed by atoms with Gasteiger partial charge in [-0.15, -0.1) is 0 Å². The van der Waals surface area contributed by atoms with Crippen LogP contribution in [0.5, 0.6) is 0 Å². The van der Waals surface area contributed by atoms with Crippen molar-refractivity contribution < 1.29 is 14.3 Å². The minimum atomic E-state index is -0.987. The van der Waals surface area contributed by atoms with Crippen LogP contribution < -0.4 is 0 Å². The molecule has 0 atom stereocenters. The molecule has 0 aliphatic rings. The van der Waals surface area contributed by atoms with Crippen LogP contribution in [0, 0.1) is 6.92 Å². The molecule has 3 nitrogen and oxygen atoms in total. The zero-order valence-electron chi connectivity index (χ0n) is 9.79. The summed E-state index contributed by atoms with van der Waals surface area (Å²) in [5, 5.41) is 9.25. The zero-order chi connectivity index (χ0) is 13.0. The summed E-state index contributed by atoms with van der Waals surface area (Å²) in [6.45, 7) is 2.04. The molecule has 18 heavy (non-hydrogen) atoms. The average Bonchev–Trinajstić information content (AvgIpc) is 2.77. The number of carboxylic acid groups (broad SMARTS) is 1. The van der Waals surface area contributed by atoms with E-state index in [-0.39, 0.29) is 0 Å². The molecule has 0 saturated heterocycles. The second-order valence-electron chi connectivity index (χ2n) is 3.74. The molecule has 0 saturated carbocycles. The maximum Gasteiger partial charge on any atom is 0.328 e. The summed E-state index contributed by atoms with van der Waals surface area (Å²) >= 11 is 1.50. The lowest BCUT2D eigenvalue weighted by Crippen LogP contribution is -1.84. The van der Waals surface area contributed by atoms with Crippen LogP contribution >= 0.6 is 11.8 Å². The van der Waals surface area contributed by atoms with Crippen molar-refractivity contribution in [3.63, 3.8) is 0 Å². The van der Waals surface area contributed by atoms with Crippen LogP contribution in [0.1, 0.15) is 11.3 Å². The number of furan rings is 1. The molecular formula is C14H12O3S. The Kier molecular flexibility index (Phi) is 3.89. The van der Waals surface area contributed by atoms with Crippen LogP contribution in [0.25, 0.3) is 6.08 Å². The van der Waals surface area contributed by atoms with Crippen molar-refractivity contribution in [1.82, 2.24) is 0 Å². The number of hydrogen-bond donors (Lipinski definition) is 1. The maximum absolute atomic E-state index is 10.4. The summed E-state index contributed by atoms with van der Waals surface area (Å²) in [5.74, 6) is -0.453. The van der Waals surface area contributed by atoms with Gasteiger partial charge in [-0.1, -0.05) is 29.5 Å². The van der Waals surface area contributed by atoms with E-state index in [1.807, 2.05) is 37.3 Å². The van der Waals surface area contributed by atoms with Gasteiger partial charge in [0.15, 0.2) is 5.09 Å². The highest BCUT2D eigenvalue weighted by molar-refractivity contribution is 7.99. The van der Waals surface area contributed by atoms with Crippen LogP contribution in [0.4, 0.5) is 0 Å². The van der Waals surface area contributed by atoms with E-state index in [9.17, 15) is 4.79 Å². The Morgan fingerprint density at radius 1 is 1.22 bits per heavy atom. The molecule has 0 amide bonds. The van der Waals surface area contributed by atoms with E-state index < -0.39 is 5.97 Å². The summed E-state index contributed by atoms with van der Waals surface area (Å²) in [6, 6.07) is 11.7. The summed E-state index contributed by atoms with van der Waals surface area (Å²) in [5.41, 5.74) is 1.21. The number of rotatable bonds is 4. The molecule has 92 valence electrons. The van der Waals surface area contributed by atoms with Crippen LogP contribution in [-0.4, -0.2) is 11.1 Å². The molecule has 0 radical (unpaired) electrons. The molecule has 0 bridgehead atoms. The van der Waals surface area contributed by atoms with E-state index >= 15 is 0 Å². The van der Waals surface area contributed by atoms with Crippen molar-refractivity contribution in [2.75, 3.05) is 0 Å². The lowest BCUT2D eigenvalue weighted by atomic mass is 10.2. The Morgan fingerprint density at radius 2 is 1.94 bits per heavy atom. The lowest BCUT2D eigenvalue weighted by molar-refractivity contribution is -0.131. The van der Waals surface area contributed by atoms with Gasteiger partial charge in [0.05, 0.1) is 0 Å². The maximum atomic E-state index is 10.4. The number of aliphatic carboxylic acids is 1. The summed E-state index contributed by atoms with van der Waals surface area (Å²) in [6.07, 6.45) is 2.49. The molecule has 0 unspecified atom stereocenters. The summed E-state index contributed by atoms with van der Waals surface area (Å²) in [4.78, 5) is 11.5. The first-order valence-corrected chi connectivity index (χ1v) is 6.20. The van der Waals surface area contributed by atoms with Gasteiger partial charge < -0.3 is 9.52 Å². The van der Waals surface area contributed by atoms with Gasteiger partial charge in [-0.05, 0) is 37.3 Å². The molecule has 4 heteroatoms. The van der Waals surface area contributed by atoms with Crippen LogP contribution in [0.2, 0.25) is 0 Å². The van der Waals surface area contributed by atoms with Crippen molar-refractivity contribution in [3.05, 3.63) is 53.8 Å². The monoisotopic (exact) mass is 260 g/mol. The quantitative estimate of drug-likeness (QED) is 0.849. The second kappa shape index (κ2) is 5.60. The molecule has 2 aromatic rings. The van der Waals surface area contributed by atoms with Gasteiger partial charge in [-0.2, -0.15) is 0 Å². The number of aryl methyl sites for hydroxylation is 1. The van der Waals surface area contributed by atoms with Crippen LogP contribution in [-0.2, 0) is 4.79 Å². The number of carboxylic acids is 1. The fraction of sp³-hybridized carbons (Fsp3) is 0.0714. The smallest absolute Gasteiger partial charge is 0.328 e. The number of carbonyl (C=O) groups is 1. The van der Waals surface area contributed by atoms with Crippen LogP contribution in [0.15, 0.2) is 56.9 Å². The number of benzene rings is 1. The first-order valence-electron chi connectivity index (χ1n) is 5.39. The highest BCUT2D eigenvalue weighted by atomic mass is 32.2. The average molecular weight is 260 g/mol. The van der Waals surface area contributed by atoms with E-state index in [4.69, 9.17) is 9.52 Å². The predicted octanol–water partition coefficient (Wildman–Crippen LogP) is 3.84. The standard InChI is InChI=1S/C14H12O3S/c1-10-2-6-12(7-3-10)18-14-9-5-11(17-14)4-8-13(15)16/h2-9H,1H3,(H,15,16). The SMILES string of the molecule is Cc1ccc(Sc2ccc(C=CC(=O)O)o2)cc1. The molecule has 2 rings (SSSR count). The molecule has 0 spiro atoms. The van der Waals surface area contributed by atoms with Gasteiger partial charge in [0.25, 0.3) is 0 Å². The van der Waals surface area contributed by atoms with Crippen molar-refractivity contribution in [2.24, 2.45) is 0 Å². The van der Waals surface area contributed by atoms with Crippen molar-refractivity contribution in [2.45, 2.75) is 16.9 Å². The lowest BCUT2D eigenvalue weighted by Gasteiger charge is -1.98. The number of hydrogen-bond acceptors (Lipinski definition) is 3. The first kappa shape index (κ1) is 12.5. The van der Waals surface area contributed by atoms with E-state index in [0.29, 0.717) is 5.76 Å². The third-order valence-corrected chi connectivity index (χ3v) is 3.16. The fourth-order valence-electron chi connectivity index (χ4n) is 1.35. The highest BCUT2D eigenvalue weighted by Gasteiger charge is 2.02. The Morgan fingerprint density at radius 3 is 2.61 bits per heavy atom. The Labute approximate surface area is 109 Å². The largest absolute Gasteiger partial charge is 0.478 e. The van der Waals surface area contributed by atoms with Crippen molar-refractivity contribution in [1.29, 1.82) is 0 Å². The minimum absolute atomic E-state index is 0.534. The predicted molar refractivity (Wildman–Crippen MR) is 70.7 cm³/mol. The molecule has 0 aliphatic carbocycles. The molecule has 0 aliphatic heterocycles. The van der Waals surface area contributed by atoms with Crippen molar-refractivity contribution in [3.8, 4) is 0 Å². The van der Waals surface area contributed by atoms with Crippen LogP contribution in [0.3, 0.4) is 0 Å². The van der Waals surface area contributed by atoms with Gasteiger partial charge in [-0.25, -0.2) is 4.79 Å². The van der Waals surface area contributed by atoms with Crippen molar-refractivity contribution >= 4 is 23.8 Å². The van der Waals surface area contributed by atoms with Gasteiger partial charge >= 0.3 is 5.97 Å². The topological polar surface area (TPSA) is 50.4 Å². The molecule has 1 N–H and O–H groups in total. The summed E-state index contributed by atoms with van der Waals surface area (Å²) in [7, 11) is 0. The van der Waals surface area contributed by atoms with Gasteiger partial charge in [-0.3, -0.25) is 0 Å². The zero-order valence-corrected chi connectivity index (χ0v) is 10.6. The van der Waals surface area contributed by atoms with E-state index in [0.717, 1.165) is 16.1 Å². The Balaban J connectivity index is 2.06. The molecule has 1 aromatic carbocycles. The molecule has 0 fully saturated rings. The third kappa shape index (κ3) is 3.53. The third-order valence-electron chi connectivity index (χ3n) is 2.23. The van der Waals surface area contributed by atoms with Gasteiger partial charge in [0.1, 0.15) is 5.76 Å². The van der Waals surface area contributed by atoms with E-state index in [1.54, 1.807) is 6.07 Å². The molecule has 1 heterocycles. The van der Waals surface area contributed by atoms with Gasteiger partial charge in [0.2, 0.25) is 0 Å². The normalized spacial score (nSPS) is 10.9. The van der Waals surface area contributed by atoms with E-state index in [1.165, 1.54) is 23.4 Å². The van der Waals surface area contributed by atoms with E-state index in [2.05, 4.69) is 0 Å². The second-order valence-corrected chi connectivity index (χ2v) is 4.82. The minimum Gasteiger partial charge on any atom is -0.478 e.